The molecule has 0 spiro atoms. The first-order chi connectivity index (χ1) is 41.6. The molecule has 0 saturated heterocycles. The molecule has 4 heteroatoms. The van der Waals surface area contributed by atoms with Gasteiger partial charge in [-0.15, -0.1) is 0 Å². The minimum absolute atomic E-state index is 0.154. The Balaban J connectivity index is 1.16. The molecule has 2 aliphatic heterocycles. The van der Waals surface area contributed by atoms with E-state index in [1.165, 1.54) is 16.7 Å². The topological polar surface area (TPSA) is 19.6 Å². The van der Waals surface area contributed by atoms with Crippen LogP contribution in [0, 0.1) is 0 Å². The minimum atomic E-state index is -0.434. The lowest BCUT2D eigenvalue weighted by atomic mass is 9.33. The van der Waals surface area contributed by atoms with Gasteiger partial charge >= 0.3 is 0 Å². The number of rotatable bonds is 7. The predicted molar refractivity (Wildman–Crippen MR) is 351 cm³/mol. The number of anilines is 6. The second kappa shape index (κ2) is 19.3. The van der Waals surface area contributed by atoms with Crippen LogP contribution in [0.25, 0.3) is 77.6 Å². The largest absolute Gasteiger partial charge is 0.456 e. The zero-order valence-corrected chi connectivity index (χ0v) is 48.1. The molecular formula is C78H67BN2O. The Morgan fingerprint density at radius 3 is 1.41 bits per heavy atom. The summed E-state index contributed by atoms with van der Waals surface area (Å²) in [5, 5.41) is 2.09. The van der Waals surface area contributed by atoms with Crippen LogP contribution in [0.4, 0.5) is 34.1 Å². The molecule has 0 aliphatic carbocycles. The van der Waals surface area contributed by atoms with Crippen molar-refractivity contribution in [3.05, 3.63) is 259 Å². The quantitative estimate of drug-likeness (QED) is 0.148. The Morgan fingerprint density at radius 1 is 0.341 bits per heavy atom. The molecule has 0 saturated carbocycles. The van der Waals surface area contributed by atoms with E-state index in [1.54, 1.807) is 0 Å². The lowest BCUT2D eigenvalue weighted by molar-refractivity contribution is 0.590. The van der Waals surface area contributed by atoms with Crippen LogP contribution in [0.1, 0.15) is 85.9 Å². The molecule has 0 N–H and O–H groups in total. The molecule has 14 rings (SSSR count). The molecule has 1 aromatic heterocycles. The second-order valence-electron chi connectivity index (χ2n) is 25.4. The third-order valence-electron chi connectivity index (χ3n) is 17.0. The first-order valence-corrected chi connectivity index (χ1v) is 28.7. The van der Waals surface area contributed by atoms with Gasteiger partial charge < -0.3 is 14.2 Å². The molecule has 82 heavy (non-hydrogen) atoms. The number of para-hydroxylation sites is 1. The van der Waals surface area contributed by atoms with Gasteiger partial charge in [0.1, 0.15) is 11.2 Å². The van der Waals surface area contributed by atoms with E-state index in [0.717, 1.165) is 117 Å². The molecule has 0 amide bonds. The van der Waals surface area contributed by atoms with Crippen molar-refractivity contribution in [2.45, 2.75) is 78.6 Å². The van der Waals surface area contributed by atoms with Gasteiger partial charge in [-0.2, -0.15) is 0 Å². The molecule has 11 aromatic carbocycles. The third kappa shape index (κ3) is 8.66. The Morgan fingerprint density at radius 2 is 0.829 bits per heavy atom. The fourth-order valence-electron chi connectivity index (χ4n) is 12.8. The summed E-state index contributed by atoms with van der Waals surface area (Å²) in [4.78, 5) is 4.96. The normalized spacial score (nSPS) is 14.0. The van der Waals surface area contributed by atoms with E-state index in [2.05, 4.69) is 266 Å². The summed E-state index contributed by atoms with van der Waals surface area (Å²) in [6, 6.07) is 75.2. The van der Waals surface area contributed by atoms with Crippen LogP contribution in [0.2, 0.25) is 0 Å². The van der Waals surface area contributed by atoms with Crippen LogP contribution in [-0.2, 0) is 16.2 Å². The van der Waals surface area contributed by atoms with Crippen molar-refractivity contribution in [3.8, 4) is 55.6 Å². The highest BCUT2D eigenvalue weighted by molar-refractivity contribution is 7.00. The van der Waals surface area contributed by atoms with Gasteiger partial charge in [0, 0.05) is 44.6 Å². The fraction of sp³-hybridized carbons (Fsp3) is 0.154. The molecule has 0 unspecified atom stereocenters. The number of furan rings is 1. The summed E-state index contributed by atoms with van der Waals surface area (Å²) in [6.07, 6.45) is 0. The number of hydrogen-bond donors (Lipinski definition) is 0. The molecule has 3 heterocycles. The SMILES string of the molecule is [2H]c1c([2H])c([2H])c(-c2ccc3c(c2)B2c4cc(-c5ccccc5C(C)(C)C)ccc4N(c4ccc(C(C)(C)C)cc4-c4ccccc4)c4cc(-c5ccc6oc7ccccc7c6c5)cc(c42)N3c2ccc(C(C)(C)C)cc2-c2ccccc2)c([2H])c1[2H]. The van der Waals surface area contributed by atoms with E-state index in [4.69, 9.17) is 8.53 Å². The van der Waals surface area contributed by atoms with Gasteiger partial charge in [-0.1, -0.05) is 238 Å². The summed E-state index contributed by atoms with van der Waals surface area (Å²) < 4.78 is 51.8. The van der Waals surface area contributed by atoms with Gasteiger partial charge in [0.15, 0.2) is 0 Å². The van der Waals surface area contributed by atoms with Gasteiger partial charge in [0.25, 0.3) is 6.71 Å². The molecule has 398 valence electrons. The molecule has 12 aromatic rings. The molecule has 0 radical (unpaired) electrons. The average Bonchev–Trinajstić information content (AvgIpc) is 1.13. The predicted octanol–water partition coefficient (Wildman–Crippen LogP) is 19.9. The monoisotopic (exact) mass is 1060 g/mol. The highest BCUT2D eigenvalue weighted by Crippen LogP contribution is 2.52. The summed E-state index contributed by atoms with van der Waals surface area (Å²) in [5.41, 5.74) is 23.2. The molecule has 0 fully saturated rings. The first kappa shape index (κ1) is 45.6. The lowest BCUT2D eigenvalue weighted by Gasteiger charge is -2.45. The van der Waals surface area contributed by atoms with E-state index in [-0.39, 0.29) is 46.0 Å². The average molecular weight is 1060 g/mol. The van der Waals surface area contributed by atoms with Crippen molar-refractivity contribution < 1.29 is 11.3 Å². The number of nitrogens with zero attached hydrogens (tertiary/aromatic N) is 2. The summed E-state index contributed by atoms with van der Waals surface area (Å²) in [7, 11) is 0. The van der Waals surface area contributed by atoms with Crippen molar-refractivity contribution in [2.75, 3.05) is 9.80 Å². The minimum Gasteiger partial charge on any atom is -0.456 e. The molecule has 2 aliphatic rings. The van der Waals surface area contributed by atoms with Gasteiger partial charge in [-0.05, 0) is 161 Å². The van der Waals surface area contributed by atoms with E-state index >= 15 is 0 Å². The van der Waals surface area contributed by atoms with E-state index in [0.29, 0.717) is 5.56 Å². The Labute approximate surface area is 491 Å². The fourth-order valence-corrected chi connectivity index (χ4v) is 12.8. The maximum absolute atomic E-state index is 9.41. The molecular weight excluding hydrogens is 992 g/mol. The van der Waals surface area contributed by atoms with Crippen molar-refractivity contribution in [1.29, 1.82) is 0 Å². The van der Waals surface area contributed by atoms with Crippen LogP contribution in [0.5, 0.6) is 0 Å². The maximum atomic E-state index is 9.41. The lowest BCUT2D eigenvalue weighted by Crippen LogP contribution is -2.61. The summed E-state index contributed by atoms with van der Waals surface area (Å²) in [6.45, 7) is 20.0. The van der Waals surface area contributed by atoms with Crippen molar-refractivity contribution in [3.63, 3.8) is 0 Å². The van der Waals surface area contributed by atoms with Crippen molar-refractivity contribution in [1.82, 2.24) is 0 Å². The van der Waals surface area contributed by atoms with Crippen LogP contribution in [-0.4, -0.2) is 6.71 Å². The van der Waals surface area contributed by atoms with E-state index in [9.17, 15) is 2.74 Å². The smallest absolute Gasteiger partial charge is 0.252 e. The van der Waals surface area contributed by atoms with E-state index < -0.39 is 12.8 Å². The number of hydrogen-bond acceptors (Lipinski definition) is 3. The van der Waals surface area contributed by atoms with E-state index in [1.807, 2.05) is 18.2 Å². The molecule has 0 bridgehead atoms. The van der Waals surface area contributed by atoms with Crippen LogP contribution >= 0.6 is 0 Å². The van der Waals surface area contributed by atoms with Gasteiger partial charge in [0.05, 0.1) is 18.2 Å². The summed E-state index contributed by atoms with van der Waals surface area (Å²) >= 11 is 0. The van der Waals surface area contributed by atoms with Crippen molar-refractivity contribution >= 4 is 79.2 Å². The van der Waals surface area contributed by atoms with Gasteiger partial charge in [-0.3, -0.25) is 0 Å². The molecule has 3 nitrogen and oxygen atoms in total. The van der Waals surface area contributed by atoms with Gasteiger partial charge in [-0.25, -0.2) is 0 Å². The van der Waals surface area contributed by atoms with Crippen LogP contribution in [0.15, 0.2) is 247 Å². The third-order valence-corrected chi connectivity index (χ3v) is 17.0. The zero-order chi connectivity index (χ0) is 60.6. The van der Waals surface area contributed by atoms with Gasteiger partial charge in [0.2, 0.25) is 0 Å². The standard InChI is InChI=1S/C78H67BN2O/c1-76(2,3)57-36-40-67(61(48-57)51-25-15-11-16-26-51)80-69-38-33-54(50-23-13-10-14-24-50)44-65(69)79-66-45-55(59-29-19-21-31-64(59)78(7,8)9)34-39-70(66)81(68-41-37-58(77(4,5)6)49-62(68)52-27-17-12-18-28-52)72-47-56(46-71(80)75(72)79)53-35-42-74-63(43-53)60-30-20-22-32-73(60)82-74/h10-49H,1-9H3/i10D,13D,14D,23D,24D. The van der Waals surface area contributed by atoms with Crippen molar-refractivity contribution in [2.24, 2.45) is 0 Å². The first-order valence-electron chi connectivity index (χ1n) is 31.2. The number of fused-ring (bicyclic) bond motifs is 7. The Hall–Kier alpha value is -9.12. The van der Waals surface area contributed by atoms with Crippen LogP contribution in [0.3, 0.4) is 0 Å². The highest BCUT2D eigenvalue weighted by atomic mass is 16.3. The van der Waals surface area contributed by atoms with Crippen LogP contribution < -0.4 is 26.2 Å². The Bertz CT molecular complexity index is 4730. The Kier molecular flexibility index (Phi) is 10.7. The number of benzene rings is 11. The molecule has 0 atom stereocenters. The highest BCUT2D eigenvalue weighted by Gasteiger charge is 2.45. The second-order valence-corrected chi connectivity index (χ2v) is 25.4. The maximum Gasteiger partial charge on any atom is 0.252 e. The zero-order valence-electron chi connectivity index (χ0n) is 53.1. The summed E-state index contributed by atoms with van der Waals surface area (Å²) in [5.74, 6) is 0.